The number of rotatable bonds is 3. The summed E-state index contributed by atoms with van der Waals surface area (Å²) in [6, 6.07) is 6.07. The molecule has 6 heteroatoms. The Labute approximate surface area is 128 Å². The van der Waals surface area contributed by atoms with E-state index in [0.29, 0.717) is 11.3 Å². The van der Waals surface area contributed by atoms with E-state index >= 15 is 0 Å². The van der Waals surface area contributed by atoms with Crippen LogP contribution in [-0.4, -0.2) is 17.1 Å². The molecule has 0 bridgehead atoms. The molecular weight excluding hydrogens is 284 g/mol. The second-order valence-electron chi connectivity index (χ2n) is 5.25. The molecule has 6 nitrogen and oxygen atoms in total. The second kappa shape index (κ2) is 7.61. The lowest BCUT2D eigenvalue weighted by Gasteiger charge is -2.11. The maximum atomic E-state index is 11.0. The first-order chi connectivity index (χ1) is 10.3. The van der Waals surface area contributed by atoms with Crippen molar-refractivity contribution in [2.45, 2.75) is 33.2 Å². The van der Waals surface area contributed by atoms with Gasteiger partial charge in [0.05, 0.1) is 0 Å². The van der Waals surface area contributed by atoms with Crippen LogP contribution in [0.15, 0.2) is 33.5 Å². The molecule has 120 valence electrons. The molecule has 5 N–H and O–H groups in total. The van der Waals surface area contributed by atoms with Gasteiger partial charge in [-0.25, -0.2) is 4.79 Å². The number of hydrogen-bond acceptors (Lipinski definition) is 5. The number of anilines is 1. The molecule has 0 aliphatic heterocycles. The third-order valence-corrected chi connectivity index (χ3v) is 3.52. The third kappa shape index (κ3) is 4.60. The maximum Gasteiger partial charge on any atom is 0.336 e. The van der Waals surface area contributed by atoms with E-state index in [2.05, 4.69) is 0 Å². The highest BCUT2D eigenvalue weighted by molar-refractivity contribution is 5.82. The van der Waals surface area contributed by atoms with Gasteiger partial charge in [-0.1, -0.05) is 20.3 Å². The molecule has 1 heterocycles. The third-order valence-electron chi connectivity index (χ3n) is 3.52. The summed E-state index contributed by atoms with van der Waals surface area (Å²) in [6.07, 6.45) is 0.813. The molecule has 0 fully saturated rings. The second-order valence-corrected chi connectivity index (χ2v) is 5.25. The number of fused-ring (bicyclic) bond motifs is 1. The number of benzene rings is 1. The average Bonchev–Trinajstić information content (AvgIpc) is 2.45. The van der Waals surface area contributed by atoms with Crippen LogP contribution < -0.4 is 17.1 Å². The quantitative estimate of drug-likeness (QED) is 0.590. The van der Waals surface area contributed by atoms with Crippen molar-refractivity contribution in [2.75, 3.05) is 5.73 Å². The summed E-state index contributed by atoms with van der Waals surface area (Å²) < 4.78 is 4.99. The average molecular weight is 306 g/mol. The fraction of sp³-hybridized carbons (Fsp3) is 0.375. The van der Waals surface area contributed by atoms with E-state index in [1.54, 1.807) is 12.1 Å². The SMILES string of the molecule is CC[C@H](C)[C@H](N)C(=O)O.Cc1cc(=O)oc2cc(N)ccc12. The fourth-order valence-corrected chi connectivity index (χ4v) is 1.84. The highest BCUT2D eigenvalue weighted by Gasteiger charge is 2.17. The van der Waals surface area contributed by atoms with Gasteiger partial charge in [-0.05, 0) is 30.5 Å². The van der Waals surface area contributed by atoms with Crippen LogP contribution in [0.2, 0.25) is 0 Å². The first kappa shape index (κ1) is 17.7. The van der Waals surface area contributed by atoms with E-state index in [1.165, 1.54) is 6.07 Å². The monoisotopic (exact) mass is 306 g/mol. The summed E-state index contributed by atoms with van der Waals surface area (Å²) in [4.78, 5) is 21.2. The van der Waals surface area contributed by atoms with Crippen molar-refractivity contribution in [1.82, 2.24) is 0 Å². The van der Waals surface area contributed by atoms with Crippen LogP contribution in [0.1, 0.15) is 25.8 Å². The van der Waals surface area contributed by atoms with Crippen LogP contribution in [0.3, 0.4) is 0 Å². The van der Waals surface area contributed by atoms with E-state index in [1.807, 2.05) is 26.8 Å². The molecule has 2 atom stereocenters. The standard InChI is InChI=1S/C10H9NO2.C6H13NO2/c1-6-4-10(12)13-9-5-7(11)2-3-8(6)9;1-3-4(2)5(7)6(8)9/h2-5H,11H2,1H3;4-5H,3,7H2,1-2H3,(H,8,9)/t;4-,5-/m.0/s1. The minimum atomic E-state index is -0.913. The van der Waals surface area contributed by atoms with Crippen molar-refractivity contribution in [1.29, 1.82) is 0 Å². The molecule has 0 saturated heterocycles. The molecule has 0 aliphatic rings. The van der Waals surface area contributed by atoms with Gasteiger partial charge in [0.1, 0.15) is 11.6 Å². The molecule has 0 aliphatic carbocycles. The predicted octanol–water partition coefficient (Wildman–Crippen LogP) is 2.13. The predicted molar refractivity (Wildman–Crippen MR) is 86.7 cm³/mol. The number of nitrogens with two attached hydrogens (primary N) is 2. The number of carbonyl (C=O) groups is 1. The summed E-state index contributed by atoms with van der Waals surface area (Å²) >= 11 is 0. The topological polar surface area (TPSA) is 120 Å². The summed E-state index contributed by atoms with van der Waals surface area (Å²) in [7, 11) is 0. The van der Waals surface area contributed by atoms with Crippen molar-refractivity contribution < 1.29 is 14.3 Å². The van der Waals surface area contributed by atoms with Crippen molar-refractivity contribution in [3.05, 3.63) is 40.2 Å². The van der Waals surface area contributed by atoms with Gasteiger partial charge in [0.15, 0.2) is 0 Å². The minimum absolute atomic E-state index is 0.0718. The summed E-state index contributed by atoms with van der Waals surface area (Å²) in [5.74, 6) is -0.841. The van der Waals surface area contributed by atoms with E-state index < -0.39 is 12.0 Å². The molecular formula is C16H22N2O4. The van der Waals surface area contributed by atoms with Gasteiger partial charge >= 0.3 is 11.6 Å². The minimum Gasteiger partial charge on any atom is -0.480 e. The molecule has 2 rings (SSSR count). The van der Waals surface area contributed by atoms with Crippen LogP contribution in [0.4, 0.5) is 5.69 Å². The Morgan fingerprint density at radius 3 is 2.50 bits per heavy atom. The molecule has 0 spiro atoms. The van der Waals surface area contributed by atoms with Gasteiger partial charge in [0, 0.05) is 23.2 Å². The number of aryl methyl sites for hydroxylation is 1. The van der Waals surface area contributed by atoms with E-state index in [0.717, 1.165) is 17.4 Å². The zero-order chi connectivity index (χ0) is 16.9. The summed E-state index contributed by atoms with van der Waals surface area (Å²) in [5, 5.41) is 9.28. The lowest BCUT2D eigenvalue weighted by molar-refractivity contribution is -0.139. The van der Waals surface area contributed by atoms with E-state index in [-0.39, 0.29) is 11.5 Å². The molecule has 0 amide bonds. The number of nitrogen functional groups attached to an aromatic ring is 1. The van der Waals surface area contributed by atoms with Gasteiger partial charge in [-0.15, -0.1) is 0 Å². The van der Waals surface area contributed by atoms with Crippen LogP contribution in [-0.2, 0) is 4.79 Å². The molecule has 22 heavy (non-hydrogen) atoms. The molecule has 2 aromatic rings. The normalized spacial score (nSPS) is 13.1. The van der Waals surface area contributed by atoms with E-state index in [9.17, 15) is 9.59 Å². The molecule has 0 radical (unpaired) electrons. The summed E-state index contributed by atoms with van der Waals surface area (Å²) in [6.45, 7) is 5.63. The fourth-order valence-electron chi connectivity index (χ4n) is 1.84. The highest BCUT2D eigenvalue weighted by Crippen LogP contribution is 2.18. The van der Waals surface area contributed by atoms with Gasteiger partial charge in [0.25, 0.3) is 0 Å². The Morgan fingerprint density at radius 2 is 2.00 bits per heavy atom. The van der Waals surface area contributed by atoms with Crippen molar-refractivity contribution in [2.24, 2.45) is 11.7 Å². The van der Waals surface area contributed by atoms with Crippen LogP contribution in [0, 0.1) is 12.8 Å². The number of aliphatic carboxylic acids is 1. The van der Waals surface area contributed by atoms with Gasteiger partial charge < -0.3 is 21.0 Å². The maximum absolute atomic E-state index is 11.0. The van der Waals surface area contributed by atoms with Crippen molar-refractivity contribution in [3.63, 3.8) is 0 Å². The molecule has 1 aromatic carbocycles. The zero-order valence-electron chi connectivity index (χ0n) is 13.0. The van der Waals surface area contributed by atoms with Crippen molar-refractivity contribution >= 4 is 22.6 Å². The van der Waals surface area contributed by atoms with Gasteiger partial charge in [-0.3, -0.25) is 4.79 Å². The lowest BCUT2D eigenvalue weighted by Crippen LogP contribution is -2.36. The number of carboxylic acids is 1. The Hall–Kier alpha value is -2.34. The van der Waals surface area contributed by atoms with Crippen LogP contribution in [0.5, 0.6) is 0 Å². The first-order valence-electron chi connectivity index (χ1n) is 7.04. The Bertz CT molecular complexity index is 709. The summed E-state index contributed by atoms with van der Waals surface area (Å²) in [5.41, 5.74) is 12.5. The molecule has 0 saturated carbocycles. The Kier molecular flexibility index (Phi) is 6.12. The molecule has 1 aromatic heterocycles. The van der Waals surface area contributed by atoms with Gasteiger partial charge in [0.2, 0.25) is 0 Å². The van der Waals surface area contributed by atoms with Crippen LogP contribution >= 0.6 is 0 Å². The number of carboxylic acid groups (broad SMARTS) is 1. The Morgan fingerprint density at radius 1 is 1.36 bits per heavy atom. The largest absolute Gasteiger partial charge is 0.480 e. The van der Waals surface area contributed by atoms with E-state index in [4.69, 9.17) is 21.0 Å². The van der Waals surface area contributed by atoms with Crippen LogP contribution in [0.25, 0.3) is 11.0 Å². The molecule has 0 unspecified atom stereocenters. The van der Waals surface area contributed by atoms with Gasteiger partial charge in [-0.2, -0.15) is 0 Å². The van der Waals surface area contributed by atoms with Crippen molar-refractivity contribution in [3.8, 4) is 0 Å². The number of hydrogen-bond donors (Lipinski definition) is 3. The Balaban J connectivity index is 0.000000239. The smallest absolute Gasteiger partial charge is 0.336 e. The lowest BCUT2D eigenvalue weighted by atomic mass is 10.0. The highest BCUT2D eigenvalue weighted by atomic mass is 16.4. The first-order valence-corrected chi connectivity index (χ1v) is 7.04. The zero-order valence-corrected chi connectivity index (χ0v) is 13.0.